The number of esters is 1. The summed E-state index contributed by atoms with van der Waals surface area (Å²) in [5, 5.41) is 0. The number of rotatable bonds is 13. The van der Waals surface area contributed by atoms with E-state index in [2.05, 4.69) is 42.7 Å². The van der Waals surface area contributed by atoms with Crippen LogP contribution in [0.2, 0.25) is 0 Å². The van der Waals surface area contributed by atoms with Gasteiger partial charge in [-0.05, 0) is 18.4 Å². The summed E-state index contributed by atoms with van der Waals surface area (Å²) in [6.45, 7) is 8.62. The molecular formula is C25H39NO2. The fraction of sp³-hybridized carbons (Fsp3) is 0.640. The van der Waals surface area contributed by atoms with E-state index in [1.54, 1.807) is 0 Å². The van der Waals surface area contributed by atoms with E-state index in [-0.39, 0.29) is 18.1 Å². The zero-order valence-electron chi connectivity index (χ0n) is 17.9. The van der Waals surface area contributed by atoms with Gasteiger partial charge in [0.2, 0.25) is 0 Å². The number of benzene rings is 1. The summed E-state index contributed by atoms with van der Waals surface area (Å²) in [6, 6.07) is 11.3. The largest absolute Gasteiger partial charge is 0.461 e. The number of carbonyl (C=O) groups is 1. The highest BCUT2D eigenvalue weighted by Crippen LogP contribution is 2.32. The van der Waals surface area contributed by atoms with Crippen molar-refractivity contribution >= 4 is 5.97 Å². The Kier molecular flexibility index (Phi) is 10.3. The van der Waals surface area contributed by atoms with Crippen LogP contribution in [0, 0.1) is 0 Å². The molecule has 3 heteroatoms. The van der Waals surface area contributed by atoms with Crippen molar-refractivity contribution in [2.45, 2.75) is 96.2 Å². The molecule has 156 valence electrons. The molecule has 0 N–H and O–H groups in total. The zero-order chi connectivity index (χ0) is 20.2. The number of hydrogen-bond acceptors (Lipinski definition) is 3. The van der Waals surface area contributed by atoms with Gasteiger partial charge in [-0.3, -0.25) is 9.69 Å². The van der Waals surface area contributed by atoms with Crippen molar-refractivity contribution in [3.63, 3.8) is 0 Å². The minimum Gasteiger partial charge on any atom is -0.461 e. The standard InChI is InChI=1S/C25H39NO2/c1-4-6-7-8-9-10-14-17-23-20-25(28-21(3)27)24(26(23)18-5-2)19-22-15-12-11-13-16-22/h5,11-13,15-16,23-25H,2,4,6-10,14,17-20H2,1,3H3/t23-,24+,25+/m1/s1. The maximum absolute atomic E-state index is 11.7. The van der Waals surface area contributed by atoms with Crippen LogP contribution in [0.25, 0.3) is 0 Å². The monoisotopic (exact) mass is 385 g/mol. The van der Waals surface area contributed by atoms with Crippen LogP contribution >= 0.6 is 0 Å². The van der Waals surface area contributed by atoms with Gasteiger partial charge in [-0.15, -0.1) is 6.58 Å². The summed E-state index contributed by atoms with van der Waals surface area (Å²) in [5.74, 6) is -0.168. The molecule has 1 aliphatic heterocycles. The second-order valence-corrected chi connectivity index (χ2v) is 8.19. The van der Waals surface area contributed by atoms with Crippen molar-refractivity contribution in [1.82, 2.24) is 4.90 Å². The van der Waals surface area contributed by atoms with Crippen molar-refractivity contribution < 1.29 is 9.53 Å². The topological polar surface area (TPSA) is 29.5 Å². The highest BCUT2D eigenvalue weighted by Gasteiger charge is 2.41. The van der Waals surface area contributed by atoms with Crippen LogP contribution in [-0.2, 0) is 16.0 Å². The Balaban J connectivity index is 1.95. The fourth-order valence-corrected chi connectivity index (χ4v) is 4.54. The summed E-state index contributed by atoms with van der Waals surface area (Å²) < 4.78 is 5.76. The van der Waals surface area contributed by atoms with Crippen LogP contribution in [0.15, 0.2) is 43.0 Å². The molecule has 1 saturated heterocycles. The molecule has 1 aromatic carbocycles. The van der Waals surface area contributed by atoms with Gasteiger partial charge in [-0.2, -0.15) is 0 Å². The third-order valence-corrected chi connectivity index (χ3v) is 5.91. The van der Waals surface area contributed by atoms with Gasteiger partial charge in [-0.25, -0.2) is 0 Å². The Hall–Kier alpha value is -1.61. The molecule has 0 aromatic heterocycles. The van der Waals surface area contributed by atoms with E-state index in [1.165, 1.54) is 63.9 Å². The molecule has 0 radical (unpaired) electrons. The van der Waals surface area contributed by atoms with Gasteiger partial charge in [0.15, 0.2) is 0 Å². The fourth-order valence-electron chi connectivity index (χ4n) is 4.54. The molecule has 0 spiro atoms. The van der Waals surface area contributed by atoms with Gasteiger partial charge in [0.25, 0.3) is 0 Å². The summed E-state index contributed by atoms with van der Waals surface area (Å²) in [4.78, 5) is 14.2. The molecule has 3 atom stereocenters. The molecule has 0 unspecified atom stereocenters. The van der Waals surface area contributed by atoms with Crippen LogP contribution in [-0.4, -0.2) is 35.6 Å². The lowest BCUT2D eigenvalue weighted by Crippen LogP contribution is -2.41. The van der Waals surface area contributed by atoms with Crippen molar-refractivity contribution in [3.05, 3.63) is 48.6 Å². The van der Waals surface area contributed by atoms with E-state index < -0.39 is 0 Å². The molecule has 0 saturated carbocycles. The van der Waals surface area contributed by atoms with E-state index in [1.807, 2.05) is 12.1 Å². The Morgan fingerprint density at radius 3 is 2.46 bits per heavy atom. The molecular weight excluding hydrogens is 346 g/mol. The summed E-state index contributed by atoms with van der Waals surface area (Å²) in [7, 11) is 0. The Bertz CT molecular complexity index is 571. The maximum atomic E-state index is 11.7. The van der Waals surface area contributed by atoms with Crippen LogP contribution in [0.5, 0.6) is 0 Å². The lowest BCUT2D eigenvalue weighted by atomic mass is 10.0. The predicted octanol–water partition coefficient (Wildman–Crippen LogP) is 5.93. The lowest BCUT2D eigenvalue weighted by Gasteiger charge is -2.30. The third-order valence-electron chi connectivity index (χ3n) is 5.91. The molecule has 0 amide bonds. The second kappa shape index (κ2) is 12.8. The molecule has 0 aliphatic carbocycles. The molecule has 1 aliphatic rings. The molecule has 0 bridgehead atoms. The Morgan fingerprint density at radius 1 is 1.14 bits per heavy atom. The number of hydrogen-bond donors (Lipinski definition) is 0. The first-order chi connectivity index (χ1) is 13.7. The Morgan fingerprint density at radius 2 is 1.82 bits per heavy atom. The molecule has 2 rings (SSSR count). The van der Waals surface area contributed by atoms with Crippen LogP contribution in [0.3, 0.4) is 0 Å². The summed E-state index contributed by atoms with van der Waals surface area (Å²) in [5.41, 5.74) is 1.30. The zero-order valence-corrected chi connectivity index (χ0v) is 17.9. The third kappa shape index (κ3) is 7.43. The van der Waals surface area contributed by atoms with Crippen LogP contribution in [0.4, 0.5) is 0 Å². The van der Waals surface area contributed by atoms with Gasteiger partial charge in [0.05, 0.1) is 6.04 Å². The van der Waals surface area contributed by atoms with Crippen molar-refractivity contribution in [2.24, 2.45) is 0 Å². The molecule has 3 nitrogen and oxygen atoms in total. The molecule has 28 heavy (non-hydrogen) atoms. The SMILES string of the molecule is C=CCN1[C@H](CCCCCCCCC)C[C@H](OC(C)=O)[C@@H]1Cc1ccccc1. The maximum Gasteiger partial charge on any atom is 0.302 e. The van der Waals surface area contributed by atoms with E-state index in [4.69, 9.17) is 4.74 Å². The van der Waals surface area contributed by atoms with E-state index in [0.29, 0.717) is 6.04 Å². The highest BCUT2D eigenvalue weighted by molar-refractivity contribution is 5.66. The minimum absolute atomic E-state index is 0.0211. The van der Waals surface area contributed by atoms with Crippen molar-refractivity contribution in [3.8, 4) is 0 Å². The molecule has 1 aromatic rings. The van der Waals surface area contributed by atoms with Crippen molar-refractivity contribution in [1.29, 1.82) is 0 Å². The first-order valence-corrected chi connectivity index (χ1v) is 11.2. The number of nitrogens with zero attached hydrogens (tertiary/aromatic N) is 1. The van der Waals surface area contributed by atoms with Crippen molar-refractivity contribution in [2.75, 3.05) is 6.54 Å². The first kappa shape index (κ1) is 22.7. The number of unbranched alkanes of at least 4 members (excludes halogenated alkanes) is 6. The van der Waals surface area contributed by atoms with Gasteiger partial charge >= 0.3 is 5.97 Å². The molecule has 1 heterocycles. The average Bonchev–Trinajstić information content (AvgIpc) is 2.98. The number of ether oxygens (including phenoxy) is 1. The van der Waals surface area contributed by atoms with Gasteiger partial charge in [0.1, 0.15) is 6.10 Å². The van der Waals surface area contributed by atoms with Gasteiger partial charge < -0.3 is 4.74 Å². The van der Waals surface area contributed by atoms with Gasteiger partial charge in [-0.1, -0.05) is 88.3 Å². The predicted molar refractivity (Wildman–Crippen MR) is 117 cm³/mol. The lowest BCUT2D eigenvalue weighted by molar-refractivity contribution is -0.147. The van der Waals surface area contributed by atoms with E-state index in [0.717, 1.165) is 19.4 Å². The van der Waals surface area contributed by atoms with E-state index in [9.17, 15) is 4.79 Å². The summed E-state index contributed by atoms with van der Waals surface area (Å²) >= 11 is 0. The minimum atomic E-state index is -0.168. The normalized spacial score (nSPS) is 22.3. The smallest absolute Gasteiger partial charge is 0.302 e. The second-order valence-electron chi connectivity index (χ2n) is 8.19. The number of carbonyl (C=O) groups excluding carboxylic acids is 1. The highest BCUT2D eigenvalue weighted by atomic mass is 16.5. The van der Waals surface area contributed by atoms with E-state index >= 15 is 0 Å². The first-order valence-electron chi connectivity index (χ1n) is 11.2. The Labute approximate surface area is 172 Å². The summed E-state index contributed by atoms with van der Waals surface area (Å²) in [6.07, 6.45) is 14.3. The quantitative estimate of drug-likeness (QED) is 0.239. The average molecular weight is 386 g/mol. The number of likely N-dealkylation sites (tertiary alicyclic amines) is 1. The van der Waals surface area contributed by atoms with Crippen LogP contribution < -0.4 is 0 Å². The van der Waals surface area contributed by atoms with Gasteiger partial charge in [0, 0.05) is 25.9 Å². The molecule has 1 fully saturated rings. The van der Waals surface area contributed by atoms with Crippen LogP contribution in [0.1, 0.15) is 77.2 Å².